The van der Waals surface area contributed by atoms with Crippen molar-refractivity contribution in [2.45, 2.75) is 32.1 Å². The normalized spacial score (nSPS) is 16.4. The number of amides is 1. The van der Waals surface area contributed by atoms with Crippen molar-refractivity contribution in [1.29, 1.82) is 0 Å². The van der Waals surface area contributed by atoms with Gasteiger partial charge in [0.15, 0.2) is 0 Å². The number of benzene rings is 1. The molecule has 4 heteroatoms. The Balaban J connectivity index is 1.73. The third-order valence-corrected chi connectivity index (χ3v) is 4.10. The first-order valence-corrected chi connectivity index (χ1v) is 7.42. The standard InChI is InChI=1S/C16H21N3O/c1-18-12-17-14-10-13(6-7-15(14)18)11-16(20)19-8-4-2-3-5-9-19/h6-7,10,12H,2-5,8-9,11H2,1H3. The van der Waals surface area contributed by atoms with Gasteiger partial charge in [0.05, 0.1) is 23.8 Å². The van der Waals surface area contributed by atoms with E-state index in [9.17, 15) is 4.79 Å². The van der Waals surface area contributed by atoms with Crippen LogP contribution < -0.4 is 0 Å². The van der Waals surface area contributed by atoms with Crippen LogP contribution >= 0.6 is 0 Å². The molecule has 106 valence electrons. The summed E-state index contributed by atoms with van der Waals surface area (Å²) < 4.78 is 2.00. The van der Waals surface area contributed by atoms with Crippen LogP contribution in [-0.2, 0) is 18.3 Å². The van der Waals surface area contributed by atoms with Crippen LogP contribution in [0, 0.1) is 0 Å². The van der Waals surface area contributed by atoms with Gasteiger partial charge in [0.25, 0.3) is 0 Å². The largest absolute Gasteiger partial charge is 0.342 e. The summed E-state index contributed by atoms with van der Waals surface area (Å²) in [6.07, 6.45) is 7.10. The van der Waals surface area contributed by atoms with Crippen molar-refractivity contribution in [3.05, 3.63) is 30.1 Å². The van der Waals surface area contributed by atoms with Crippen molar-refractivity contribution >= 4 is 16.9 Å². The van der Waals surface area contributed by atoms with Gasteiger partial charge < -0.3 is 9.47 Å². The minimum absolute atomic E-state index is 0.252. The van der Waals surface area contributed by atoms with Crippen molar-refractivity contribution in [2.75, 3.05) is 13.1 Å². The lowest BCUT2D eigenvalue weighted by Crippen LogP contribution is -2.33. The van der Waals surface area contributed by atoms with Crippen LogP contribution in [0.5, 0.6) is 0 Å². The Morgan fingerprint density at radius 1 is 1.20 bits per heavy atom. The quantitative estimate of drug-likeness (QED) is 0.841. The summed E-state index contributed by atoms with van der Waals surface area (Å²) in [6.45, 7) is 1.84. The van der Waals surface area contributed by atoms with Gasteiger partial charge in [0.1, 0.15) is 0 Å². The molecule has 2 heterocycles. The SMILES string of the molecule is Cn1cnc2cc(CC(=O)N3CCCCCC3)ccc21. The molecule has 3 rings (SSSR count). The maximum Gasteiger partial charge on any atom is 0.226 e. The monoisotopic (exact) mass is 271 g/mol. The van der Waals surface area contributed by atoms with Gasteiger partial charge in [-0.3, -0.25) is 4.79 Å². The zero-order valence-corrected chi connectivity index (χ0v) is 12.0. The molecule has 1 aliphatic rings. The zero-order chi connectivity index (χ0) is 13.9. The molecule has 1 fully saturated rings. The Morgan fingerprint density at radius 2 is 1.95 bits per heavy atom. The van der Waals surface area contributed by atoms with E-state index in [0.717, 1.165) is 42.5 Å². The number of aromatic nitrogens is 2. The average molecular weight is 271 g/mol. The van der Waals surface area contributed by atoms with Crippen LogP contribution in [0.1, 0.15) is 31.2 Å². The first-order chi connectivity index (χ1) is 9.74. The van der Waals surface area contributed by atoms with Crippen molar-refractivity contribution in [3.63, 3.8) is 0 Å². The first-order valence-electron chi connectivity index (χ1n) is 7.42. The molecule has 1 aliphatic heterocycles. The van der Waals surface area contributed by atoms with Crippen LogP contribution in [0.3, 0.4) is 0 Å². The number of aryl methyl sites for hydroxylation is 1. The second-order valence-electron chi connectivity index (χ2n) is 5.65. The summed E-state index contributed by atoms with van der Waals surface area (Å²) in [5.74, 6) is 0.252. The van der Waals surface area contributed by atoms with E-state index in [1.165, 1.54) is 12.8 Å². The fraction of sp³-hybridized carbons (Fsp3) is 0.500. The molecule has 1 aromatic carbocycles. The minimum atomic E-state index is 0.252. The number of fused-ring (bicyclic) bond motifs is 1. The fourth-order valence-corrected chi connectivity index (χ4v) is 2.90. The predicted molar refractivity (Wildman–Crippen MR) is 79.5 cm³/mol. The second kappa shape index (κ2) is 5.65. The highest BCUT2D eigenvalue weighted by Crippen LogP contribution is 2.16. The molecule has 20 heavy (non-hydrogen) atoms. The maximum atomic E-state index is 12.4. The zero-order valence-electron chi connectivity index (χ0n) is 12.0. The summed E-state index contributed by atoms with van der Waals surface area (Å²) in [5.41, 5.74) is 3.13. The smallest absolute Gasteiger partial charge is 0.226 e. The molecule has 0 radical (unpaired) electrons. The van der Waals surface area contributed by atoms with Gasteiger partial charge in [-0.05, 0) is 30.5 Å². The number of rotatable bonds is 2. The van der Waals surface area contributed by atoms with Crippen LogP contribution in [0.25, 0.3) is 11.0 Å². The summed E-state index contributed by atoms with van der Waals surface area (Å²) in [5, 5.41) is 0. The van der Waals surface area contributed by atoms with E-state index in [2.05, 4.69) is 4.98 Å². The van der Waals surface area contributed by atoms with Crippen LogP contribution in [0.4, 0.5) is 0 Å². The lowest BCUT2D eigenvalue weighted by molar-refractivity contribution is -0.130. The summed E-state index contributed by atoms with van der Waals surface area (Å²) in [7, 11) is 1.98. The van der Waals surface area contributed by atoms with E-state index in [1.54, 1.807) is 0 Å². The summed E-state index contributed by atoms with van der Waals surface area (Å²) >= 11 is 0. The minimum Gasteiger partial charge on any atom is -0.342 e. The topological polar surface area (TPSA) is 38.1 Å². The van der Waals surface area contributed by atoms with E-state index in [-0.39, 0.29) is 5.91 Å². The average Bonchev–Trinajstić information content (AvgIpc) is 2.68. The van der Waals surface area contributed by atoms with Crippen LogP contribution in [-0.4, -0.2) is 33.4 Å². The highest BCUT2D eigenvalue weighted by molar-refractivity contribution is 5.81. The molecular weight excluding hydrogens is 250 g/mol. The van der Waals surface area contributed by atoms with Crippen molar-refractivity contribution in [3.8, 4) is 0 Å². The molecule has 1 saturated heterocycles. The maximum absolute atomic E-state index is 12.4. The van der Waals surface area contributed by atoms with Crippen molar-refractivity contribution < 1.29 is 4.79 Å². The molecular formula is C16H21N3O. The lowest BCUT2D eigenvalue weighted by Gasteiger charge is -2.20. The Kier molecular flexibility index (Phi) is 3.72. The second-order valence-corrected chi connectivity index (χ2v) is 5.65. The molecule has 0 atom stereocenters. The van der Waals surface area contributed by atoms with Gasteiger partial charge >= 0.3 is 0 Å². The molecule has 4 nitrogen and oxygen atoms in total. The van der Waals surface area contributed by atoms with E-state index < -0.39 is 0 Å². The molecule has 0 aliphatic carbocycles. The number of hydrogen-bond acceptors (Lipinski definition) is 2. The first kappa shape index (κ1) is 13.2. The number of carbonyl (C=O) groups is 1. The van der Waals surface area contributed by atoms with Crippen molar-refractivity contribution in [1.82, 2.24) is 14.5 Å². The lowest BCUT2D eigenvalue weighted by atomic mass is 10.1. The van der Waals surface area contributed by atoms with Gasteiger partial charge in [-0.25, -0.2) is 4.98 Å². The third kappa shape index (κ3) is 2.69. The number of nitrogens with zero attached hydrogens (tertiary/aromatic N) is 3. The molecule has 0 N–H and O–H groups in total. The molecule has 1 amide bonds. The summed E-state index contributed by atoms with van der Waals surface area (Å²) in [6, 6.07) is 6.12. The van der Waals surface area contributed by atoms with Gasteiger partial charge in [0, 0.05) is 20.1 Å². The Morgan fingerprint density at radius 3 is 2.70 bits per heavy atom. The van der Waals surface area contributed by atoms with E-state index in [1.807, 2.05) is 41.0 Å². The van der Waals surface area contributed by atoms with E-state index >= 15 is 0 Å². The molecule has 2 aromatic rings. The van der Waals surface area contributed by atoms with Crippen LogP contribution in [0.15, 0.2) is 24.5 Å². The van der Waals surface area contributed by atoms with E-state index in [0.29, 0.717) is 6.42 Å². The third-order valence-electron chi connectivity index (χ3n) is 4.10. The Bertz CT molecular complexity index is 609. The van der Waals surface area contributed by atoms with Gasteiger partial charge in [-0.1, -0.05) is 18.9 Å². The highest BCUT2D eigenvalue weighted by Gasteiger charge is 2.16. The molecule has 0 spiro atoms. The highest BCUT2D eigenvalue weighted by atomic mass is 16.2. The number of likely N-dealkylation sites (tertiary alicyclic amines) is 1. The molecule has 0 unspecified atom stereocenters. The number of imidazole rings is 1. The van der Waals surface area contributed by atoms with Gasteiger partial charge in [0.2, 0.25) is 5.91 Å². The molecule has 0 bridgehead atoms. The van der Waals surface area contributed by atoms with E-state index in [4.69, 9.17) is 0 Å². The van der Waals surface area contributed by atoms with Crippen molar-refractivity contribution in [2.24, 2.45) is 7.05 Å². The van der Waals surface area contributed by atoms with Gasteiger partial charge in [-0.15, -0.1) is 0 Å². The molecule has 1 aromatic heterocycles. The Labute approximate surface area is 119 Å². The number of carbonyl (C=O) groups excluding carboxylic acids is 1. The summed E-state index contributed by atoms with van der Waals surface area (Å²) in [4.78, 5) is 18.7. The number of hydrogen-bond donors (Lipinski definition) is 0. The van der Waals surface area contributed by atoms with Gasteiger partial charge in [-0.2, -0.15) is 0 Å². The van der Waals surface area contributed by atoms with Crippen LogP contribution in [0.2, 0.25) is 0 Å². The fourth-order valence-electron chi connectivity index (χ4n) is 2.90. The molecule has 0 saturated carbocycles. The Hall–Kier alpha value is -1.84. The predicted octanol–water partition coefficient (Wildman–Crippen LogP) is 2.52.